The van der Waals surface area contributed by atoms with Gasteiger partial charge < -0.3 is 4.57 Å². The third-order valence-corrected chi connectivity index (χ3v) is 3.81. The highest BCUT2D eigenvalue weighted by atomic mass is 35.5. The molecule has 0 saturated heterocycles. The van der Waals surface area contributed by atoms with Crippen molar-refractivity contribution in [1.29, 1.82) is 0 Å². The largest absolute Gasteiger partial charge is 0.308 e. The third kappa shape index (κ3) is 2.44. The molecular weight excluding hydrogens is 288 g/mol. The van der Waals surface area contributed by atoms with Gasteiger partial charge in [0.05, 0.1) is 18.4 Å². The normalized spacial score (nSPS) is 11.6. The summed E-state index contributed by atoms with van der Waals surface area (Å²) in [5, 5.41) is 8.79. The van der Waals surface area contributed by atoms with E-state index in [0.717, 1.165) is 47.6 Å². The maximum absolute atomic E-state index is 5.93. The molecule has 0 aliphatic carbocycles. The molecule has 0 unspecified atom stereocenters. The van der Waals surface area contributed by atoms with Gasteiger partial charge in [-0.05, 0) is 6.42 Å². The van der Waals surface area contributed by atoms with Crippen molar-refractivity contribution >= 4 is 22.8 Å². The van der Waals surface area contributed by atoms with E-state index in [0.29, 0.717) is 5.88 Å². The van der Waals surface area contributed by atoms with Crippen LogP contribution in [0, 0.1) is 0 Å². The molecule has 0 aliphatic heterocycles. The van der Waals surface area contributed by atoms with Crippen molar-refractivity contribution in [2.45, 2.75) is 26.3 Å². The van der Waals surface area contributed by atoms with E-state index in [1.807, 2.05) is 35.9 Å². The molecule has 112 valence electrons. The minimum atomic E-state index is 0.561. The minimum Gasteiger partial charge on any atom is -0.308 e. The Hall–Kier alpha value is -1.82. The molecule has 6 nitrogen and oxygen atoms in total. The first-order valence-corrected chi connectivity index (χ1v) is 7.62. The Morgan fingerprint density at radius 3 is 2.71 bits per heavy atom. The van der Waals surface area contributed by atoms with Crippen LogP contribution >= 0.6 is 11.6 Å². The van der Waals surface area contributed by atoms with Crippen molar-refractivity contribution < 1.29 is 0 Å². The van der Waals surface area contributed by atoms with Crippen molar-refractivity contribution in [2.24, 2.45) is 14.1 Å². The quantitative estimate of drug-likeness (QED) is 0.677. The Balaban J connectivity index is 2.13. The topological polar surface area (TPSA) is 53.5 Å². The van der Waals surface area contributed by atoms with Crippen LogP contribution in [-0.4, -0.2) is 35.0 Å². The van der Waals surface area contributed by atoms with Crippen molar-refractivity contribution in [1.82, 2.24) is 29.1 Å². The van der Waals surface area contributed by atoms with E-state index in [-0.39, 0.29) is 0 Å². The molecule has 0 spiro atoms. The highest BCUT2D eigenvalue weighted by molar-refractivity contribution is 6.17. The number of nitrogens with zero attached hydrogens (tertiary/aromatic N) is 6. The monoisotopic (exact) mass is 306 g/mol. The van der Waals surface area contributed by atoms with Crippen LogP contribution in [0.2, 0.25) is 0 Å². The highest BCUT2D eigenvalue weighted by Gasteiger charge is 2.18. The highest BCUT2D eigenvalue weighted by Crippen LogP contribution is 2.21. The van der Waals surface area contributed by atoms with Gasteiger partial charge in [-0.2, -0.15) is 10.2 Å². The first kappa shape index (κ1) is 14.1. The van der Waals surface area contributed by atoms with Crippen LogP contribution < -0.4 is 0 Å². The SMILES string of the molecule is CCc1nn(C)c2c1nc(CCCl)n2Cc1cnn(C)c1. The number of aryl methyl sites for hydroxylation is 4. The summed E-state index contributed by atoms with van der Waals surface area (Å²) in [5.41, 5.74) is 4.22. The van der Waals surface area contributed by atoms with Crippen LogP contribution in [-0.2, 0) is 33.5 Å². The summed E-state index contributed by atoms with van der Waals surface area (Å²) in [4.78, 5) is 4.76. The predicted octanol–water partition coefficient (Wildman–Crippen LogP) is 1.90. The Bertz CT molecular complexity index is 766. The lowest BCUT2D eigenvalue weighted by Gasteiger charge is -2.07. The molecule has 0 fully saturated rings. The summed E-state index contributed by atoms with van der Waals surface area (Å²) >= 11 is 5.93. The first-order chi connectivity index (χ1) is 10.1. The molecule has 0 bridgehead atoms. The Labute approximate surface area is 128 Å². The summed E-state index contributed by atoms with van der Waals surface area (Å²) in [6.45, 7) is 2.84. The molecule has 3 heterocycles. The van der Waals surface area contributed by atoms with E-state index in [4.69, 9.17) is 16.6 Å². The molecule has 0 amide bonds. The fourth-order valence-corrected chi connectivity index (χ4v) is 2.87. The Kier molecular flexibility index (Phi) is 3.71. The standard InChI is InChI=1S/C14H19ClN6/c1-4-11-13-14(20(3)18-11)21(12(17-13)5-6-15)9-10-7-16-19(2)8-10/h7-8H,4-6,9H2,1-3H3. The fourth-order valence-electron chi connectivity index (χ4n) is 2.70. The molecule has 0 N–H and O–H groups in total. The minimum absolute atomic E-state index is 0.561. The van der Waals surface area contributed by atoms with Gasteiger partial charge in [-0.15, -0.1) is 11.6 Å². The summed E-state index contributed by atoms with van der Waals surface area (Å²) in [6.07, 6.45) is 5.53. The van der Waals surface area contributed by atoms with Gasteiger partial charge in [0.15, 0.2) is 5.65 Å². The maximum Gasteiger partial charge on any atom is 0.158 e. The molecule has 3 rings (SSSR count). The van der Waals surface area contributed by atoms with Crippen LogP contribution in [0.25, 0.3) is 11.2 Å². The fraction of sp³-hybridized carbons (Fsp3) is 0.500. The molecule has 3 aromatic rings. The Morgan fingerprint density at radius 2 is 2.10 bits per heavy atom. The second kappa shape index (κ2) is 5.52. The van der Waals surface area contributed by atoms with Crippen molar-refractivity contribution in [3.05, 3.63) is 29.5 Å². The molecule has 0 atom stereocenters. The number of aromatic nitrogens is 6. The van der Waals surface area contributed by atoms with Gasteiger partial charge in [-0.25, -0.2) is 4.98 Å². The molecule has 0 saturated carbocycles. The average molecular weight is 307 g/mol. The molecule has 21 heavy (non-hydrogen) atoms. The molecule has 0 radical (unpaired) electrons. The van der Waals surface area contributed by atoms with Crippen LogP contribution in [0.4, 0.5) is 0 Å². The zero-order valence-electron chi connectivity index (χ0n) is 12.5. The number of imidazole rings is 1. The van der Waals surface area contributed by atoms with E-state index in [9.17, 15) is 0 Å². The van der Waals surface area contributed by atoms with Crippen LogP contribution in [0.5, 0.6) is 0 Å². The molecule has 3 aromatic heterocycles. The van der Waals surface area contributed by atoms with Gasteiger partial charge in [0, 0.05) is 38.2 Å². The van der Waals surface area contributed by atoms with Gasteiger partial charge in [-0.3, -0.25) is 9.36 Å². The summed E-state index contributed by atoms with van der Waals surface area (Å²) < 4.78 is 5.92. The number of halogens is 1. The molecule has 0 aliphatic rings. The number of alkyl halides is 1. The lowest BCUT2D eigenvalue weighted by Crippen LogP contribution is -2.09. The van der Waals surface area contributed by atoms with Gasteiger partial charge >= 0.3 is 0 Å². The van der Waals surface area contributed by atoms with E-state index < -0.39 is 0 Å². The second-order valence-corrected chi connectivity index (χ2v) is 5.55. The number of hydrogen-bond donors (Lipinski definition) is 0. The number of rotatable bonds is 5. The smallest absolute Gasteiger partial charge is 0.158 e. The Morgan fingerprint density at radius 1 is 1.29 bits per heavy atom. The maximum atomic E-state index is 5.93. The van der Waals surface area contributed by atoms with E-state index in [2.05, 4.69) is 21.7 Å². The van der Waals surface area contributed by atoms with Crippen LogP contribution in [0.15, 0.2) is 12.4 Å². The summed E-state index contributed by atoms with van der Waals surface area (Å²) in [5.74, 6) is 1.57. The van der Waals surface area contributed by atoms with Crippen molar-refractivity contribution in [3.63, 3.8) is 0 Å². The van der Waals surface area contributed by atoms with Crippen molar-refractivity contribution in [3.8, 4) is 0 Å². The van der Waals surface area contributed by atoms with E-state index in [1.54, 1.807) is 0 Å². The predicted molar refractivity (Wildman–Crippen MR) is 82.6 cm³/mol. The van der Waals surface area contributed by atoms with Gasteiger partial charge in [0.2, 0.25) is 0 Å². The first-order valence-electron chi connectivity index (χ1n) is 7.08. The number of hydrogen-bond acceptors (Lipinski definition) is 3. The third-order valence-electron chi connectivity index (χ3n) is 3.62. The number of fused-ring (bicyclic) bond motifs is 1. The average Bonchev–Trinajstić information content (AvgIpc) is 3.09. The van der Waals surface area contributed by atoms with Crippen LogP contribution in [0.1, 0.15) is 24.0 Å². The van der Waals surface area contributed by atoms with E-state index >= 15 is 0 Å². The summed E-state index contributed by atoms with van der Waals surface area (Å²) in [7, 11) is 3.89. The van der Waals surface area contributed by atoms with Crippen molar-refractivity contribution in [2.75, 3.05) is 5.88 Å². The lowest BCUT2D eigenvalue weighted by atomic mass is 10.3. The lowest BCUT2D eigenvalue weighted by molar-refractivity contribution is 0.687. The van der Waals surface area contributed by atoms with Gasteiger partial charge in [0.1, 0.15) is 11.3 Å². The summed E-state index contributed by atoms with van der Waals surface area (Å²) in [6, 6.07) is 0. The molecular formula is C14H19ClN6. The van der Waals surface area contributed by atoms with Gasteiger partial charge in [0.25, 0.3) is 0 Å². The van der Waals surface area contributed by atoms with Gasteiger partial charge in [-0.1, -0.05) is 6.92 Å². The molecule has 7 heteroatoms. The second-order valence-electron chi connectivity index (χ2n) is 5.17. The van der Waals surface area contributed by atoms with Crippen LogP contribution in [0.3, 0.4) is 0 Å². The van der Waals surface area contributed by atoms with E-state index in [1.165, 1.54) is 0 Å². The molecule has 0 aromatic carbocycles. The zero-order valence-corrected chi connectivity index (χ0v) is 13.3. The zero-order chi connectivity index (χ0) is 15.0.